The maximum absolute atomic E-state index is 13.5. The Labute approximate surface area is 264 Å². The number of rotatable bonds is 14. The Morgan fingerprint density at radius 2 is 1.31 bits per heavy atom. The molecule has 2 rings (SSSR count). The van der Waals surface area contributed by atoms with Crippen LogP contribution in [0.3, 0.4) is 0 Å². The third-order valence-corrected chi connectivity index (χ3v) is 9.37. The summed E-state index contributed by atoms with van der Waals surface area (Å²) in [5.41, 5.74) is -0.940. The van der Waals surface area contributed by atoms with Crippen molar-refractivity contribution in [3.8, 4) is 23.7 Å². The molecule has 0 N–H and O–H groups in total. The molecule has 0 saturated carbocycles. The summed E-state index contributed by atoms with van der Waals surface area (Å²) >= 11 is 2.15. The van der Waals surface area contributed by atoms with Crippen molar-refractivity contribution in [2.75, 3.05) is 45.9 Å². The minimum absolute atomic E-state index is 0.0291. The summed E-state index contributed by atoms with van der Waals surface area (Å²) in [6.45, 7) is 9.54. The summed E-state index contributed by atoms with van der Waals surface area (Å²) in [6, 6.07) is 15.5. The van der Waals surface area contributed by atoms with Gasteiger partial charge in [0.25, 0.3) is 0 Å². The van der Waals surface area contributed by atoms with Gasteiger partial charge in [-0.2, -0.15) is 4.31 Å². The first-order chi connectivity index (χ1) is 20.2. The summed E-state index contributed by atoms with van der Waals surface area (Å²) in [7, 11) is -3.90. The molecule has 0 aliphatic carbocycles. The molecule has 2 aromatic rings. The Kier molecular flexibility index (Phi) is 15.1. The number of sulfonamides is 1. The summed E-state index contributed by atoms with van der Waals surface area (Å²) in [6.07, 6.45) is -0.177. The molecule has 8 nitrogen and oxygen atoms in total. The first kappa shape index (κ1) is 35.3. The van der Waals surface area contributed by atoms with Crippen LogP contribution in [0.15, 0.2) is 59.5 Å². The van der Waals surface area contributed by atoms with Gasteiger partial charge in [-0.05, 0) is 73.3 Å². The number of hydrogen-bond donors (Lipinski definition) is 0. The SMILES string of the molecule is CCOC(=O)C(CC#CCN(CC#CCN(CC)CC)S(=O)(=O)c1ccccc1)(Cc1ccccc1I)C(=O)OCC. The van der Waals surface area contributed by atoms with Crippen LogP contribution in [0.4, 0.5) is 0 Å². The molecule has 0 fully saturated rings. The highest BCUT2D eigenvalue weighted by Gasteiger charge is 2.49. The van der Waals surface area contributed by atoms with Gasteiger partial charge >= 0.3 is 11.9 Å². The lowest BCUT2D eigenvalue weighted by atomic mass is 9.78. The van der Waals surface area contributed by atoms with E-state index in [1.807, 2.05) is 38.1 Å². The molecule has 0 bridgehead atoms. The van der Waals surface area contributed by atoms with Gasteiger partial charge < -0.3 is 9.47 Å². The standard InChI is InChI=1S/C32H39IN2O6S/c1-5-34(6-2)23-16-17-25-35(42(38,39)28-19-10-9-11-20-28)24-15-14-22-32(30(36)40-7-3,31(37)41-8-4)26-27-18-12-13-21-29(27)33/h9-13,18-21H,5-8,22-26H2,1-4H3. The molecule has 0 saturated heterocycles. The lowest BCUT2D eigenvalue weighted by Crippen LogP contribution is -2.44. The molecular formula is C32H39IN2O6S. The third kappa shape index (κ3) is 9.84. The van der Waals surface area contributed by atoms with E-state index in [1.54, 1.807) is 32.0 Å². The predicted molar refractivity (Wildman–Crippen MR) is 172 cm³/mol. The van der Waals surface area contributed by atoms with Crippen LogP contribution < -0.4 is 0 Å². The van der Waals surface area contributed by atoms with E-state index in [2.05, 4.69) is 51.2 Å². The van der Waals surface area contributed by atoms with Gasteiger partial charge in [0.05, 0.1) is 37.7 Å². The normalized spacial score (nSPS) is 11.3. The van der Waals surface area contributed by atoms with Crippen molar-refractivity contribution in [1.29, 1.82) is 0 Å². The summed E-state index contributed by atoms with van der Waals surface area (Å²) in [5.74, 6) is 10.3. The van der Waals surface area contributed by atoms with Gasteiger partial charge in [-0.1, -0.05) is 68.0 Å². The second-order valence-electron chi connectivity index (χ2n) is 9.22. The summed E-state index contributed by atoms with van der Waals surface area (Å²) in [5, 5.41) is 0. The molecule has 0 aromatic heterocycles. The number of ether oxygens (including phenoxy) is 2. The molecule has 0 unspecified atom stereocenters. The van der Waals surface area contributed by atoms with Crippen LogP contribution in [-0.2, 0) is 35.5 Å². The van der Waals surface area contributed by atoms with E-state index in [9.17, 15) is 18.0 Å². The van der Waals surface area contributed by atoms with Crippen LogP contribution >= 0.6 is 22.6 Å². The first-order valence-corrected chi connectivity index (χ1v) is 16.4. The van der Waals surface area contributed by atoms with Crippen molar-refractivity contribution in [2.45, 2.75) is 45.4 Å². The summed E-state index contributed by atoms with van der Waals surface area (Å²) < 4.78 is 39.7. The number of halogens is 1. The Hall–Kier alpha value is -2.90. The van der Waals surface area contributed by atoms with Crippen molar-refractivity contribution in [3.05, 3.63) is 63.7 Å². The highest BCUT2D eigenvalue weighted by molar-refractivity contribution is 14.1. The molecule has 0 atom stereocenters. The maximum Gasteiger partial charge on any atom is 0.324 e. The number of hydrogen-bond acceptors (Lipinski definition) is 7. The monoisotopic (exact) mass is 706 g/mol. The van der Waals surface area contributed by atoms with Gasteiger partial charge in [0, 0.05) is 16.4 Å². The zero-order chi connectivity index (χ0) is 31.0. The molecule has 0 heterocycles. The maximum atomic E-state index is 13.5. The molecule has 0 aliphatic rings. The van der Waals surface area contributed by atoms with E-state index in [1.165, 1.54) is 16.4 Å². The van der Waals surface area contributed by atoms with Crippen molar-refractivity contribution >= 4 is 44.6 Å². The molecular weight excluding hydrogens is 667 g/mol. The minimum Gasteiger partial charge on any atom is -0.465 e. The molecule has 226 valence electrons. The topological polar surface area (TPSA) is 93.2 Å². The van der Waals surface area contributed by atoms with Gasteiger partial charge in [-0.15, -0.1) is 5.92 Å². The summed E-state index contributed by atoms with van der Waals surface area (Å²) in [4.78, 5) is 28.9. The molecule has 2 aromatic carbocycles. The fourth-order valence-electron chi connectivity index (χ4n) is 4.02. The Bertz CT molecular complexity index is 1380. The molecule has 0 spiro atoms. The third-order valence-electron chi connectivity index (χ3n) is 6.51. The van der Waals surface area contributed by atoms with Crippen LogP contribution in [0.25, 0.3) is 0 Å². The van der Waals surface area contributed by atoms with Gasteiger partial charge in [-0.25, -0.2) is 8.42 Å². The number of carbonyl (C=O) groups is 2. The van der Waals surface area contributed by atoms with Crippen LogP contribution in [0.5, 0.6) is 0 Å². The first-order valence-electron chi connectivity index (χ1n) is 13.9. The number of nitrogens with zero attached hydrogens (tertiary/aromatic N) is 2. The highest BCUT2D eigenvalue weighted by atomic mass is 127. The van der Waals surface area contributed by atoms with Gasteiger partial charge in [0.15, 0.2) is 5.41 Å². The van der Waals surface area contributed by atoms with E-state index < -0.39 is 27.4 Å². The van der Waals surface area contributed by atoms with Crippen molar-refractivity contribution in [2.24, 2.45) is 5.41 Å². The lowest BCUT2D eigenvalue weighted by Gasteiger charge is -2.28. The number of esters is 2. The smallest absolute Gasteiger partial charge is 0.324 e. The van der Waals surface area contributed by atoms with Crippen molar-refractivity contribution < 1.29 is 27.5 Å². The average molecular weight is 707 g/mol. The van der Waals surface area contributed by atoms with Gasteiger partial charge in [-0.3, -0.25) is 14.5 Å². The average Bonchev–Trinajstić information content (AvgIpc) is 2.99. The highest BCUT2D eigenvalue weighted by Crippen LogP contribution is 2.32. The van der Waals surface area contributed by atoms with Crippen LogP contribution in [0, 0.1) is 32.7 Å². The fourth-order valence-corrected chi connectivity index (χ4v) is 5.87. The van der Waals surface area contributed by atoms with Crippen molar-refractivity contribution in [3.63, 3.8) is 0 Å². The second-order valence-corrected chi connectivity index (χ2v) is 12.3. The molecule has 0 radical (unpaired) electrons. The Morgan fingerprint density at radius 3 is 1.86 bits per heavy atom. The zero-order valence-electron chi connectivity index (χ0n) is 24.7. The van der Waals surface area contributed by atoms with E-state index in [0.29, 0.717) is 6.54 Å². The lowest BCUT2D eigenvalue weighted by molar-refractivity contribution is -0.171. The molecule has 42 heavy (non-hydrogen) atoms. The van der Waals surface area contributed by atoms with E-state index in [0.717, 1.165) is 22.2 Å². The zero-order valence-corrected chi connectivity index (χ0v) is 27.7. The fraction of sp³-hybridized carbons (Fsp3) is 0.438. The van der Waals surface area contributed by atoms with E-state index in [-0.39, 0.29) is 44.0 Å². The van der Waals surface area contributed by atoms with Crippen LogP contribution in [0.1, 0.15) is 39.7 Å². The van der Waals surface area contributed by atoms with Crippen LogP contribution in [-0.4, -0.2) is 75.5 Å². The molecule has 0 amide bonds. The number of benzene rings is 2. The molecule has 0 aliphatic heterocycles. The minimum atomic E-state index is -3.90. The number of carbonyl (C=O) groups excluding carboxylic acids is 2. The van der Waals surface area contributed by atoms with Crippen molar-refractivity contribution in [1.82, 2.24) is 9.21 Å². The van der Waals surface area contributed by atoms with Crippen LogP contribution in [0.2, 0.25) is 0 Å². The van der Waals surface area contributed by atoms with Gasteiger partial charge in [0.1, 0.15) is 0 Å². The predicted octanol–water partition coefficient (Wildman–Crippen LogP) is 4.38. The molecule has 10 heteroatoms. The quantitative estimate of drug-likeness (QED) is 0.125. The van der Waals surface area contributed by atoms with E-state index in [4.69, 9.17) is 9.47 Å². The van der Waals surface area contributed by atoms with Gasteiger partial charge in [0.2, 0.25) is 10.0 Å². The largest absolute Gasteiger partial charge is 0.465 e. The Balaban J connectivity index is 2.44. The Morgan fingerprint density at radius 1 is 0.786 bits per heavy atom. The second kappa shape index (κ2) is 17.9. The van der Waals surface area contributed by atoms with E-state index >= 15 is 0 Å².